The van der Waals surface area contributed by atoms with Gasteiger partial charge in [0, 0.05) is 23.3 Å². The molecule has 0 saturated carbocycles. The molecule has 3 rings (SSSR count). The highest BCUT2D eigenvalue weighted by Crippen LogP contribution is 2.29. The van der Waals surface area contributed by atoms with Gasteiger partial charge in [-0.15, -0.1) is 10.2 Å². The first-order valence-corrected chi connectivity index (χ1v) is 9.06. The molecule has 1 N–H and O–H groups in total. The molecule has 0 fully saturated rings. The second-order valence-electron chi connectivity index (χ2n) is 7.00. The Bertz CT molecular complexity index is 991. The quantitative estimate of drug-likeness (QED) is 0.522. The van der Waals surface area contributed by atoms with Crippen molar-refractivity contribution in [3.8, 4) is 10.6 Å². The van der Waals surface area contributed by atoms with E-state index in [1.807, 2.05) is 12.1 Å². The van der Waals surface area contributed by atoms with Gasteiger partial charge in [0.1, 0.15) is 5.01 Å². The number of carbonyl (C=O) groups excluding carboxylic acids is 1. The Kier molecular flexibility index (Phi) is 5.00. The largest absolute Gasteiger partial charge is 0.296 e. The number of carbonyl (C=O) groups is 1. The van der Waals surface area contributed by atoms with Crippen LogP contribution in [0.25, 0.3) is 10.6 Å². The van der Waals surface area contributed by atoms with Gasteiger partial charge in [-0.25, -0.2) is 0 Å². The van der Waals surface area contributed by atoms with Gasteiger partial charge >= 0.3 is 0 Å². The molecule has 0 unspecified atom stereocenters. The smallest absolute Gasteiger partial charge is 0.270 e. The summed E-state index contributed by atoms with van der Waals surface area (Å²) in [6.45, 7) is 6.33. The van der Waals surface area contributed by atoms with Gasteiger partial charge in [0.15, 0.2) is 0 Å². The first kappa shape index (κ1) is 18.7. The van der Waals surface area contributed by atoms with Crippen molar-refractivity contribution in [1.29, 1.82) is 0 Å². The fourth-order valence-electron chi connectivity index (χ4n) is 2.43. The maximum atomic E-state index is 12.4. The number of anilines is 1. The Labute approximate surface area is 160 Å². The first-order chi connectivity index (χ1) is 12.7. The van der Waals surface area contributed by atoms with E-state index in [1.54, 1.807) is 24.3 Å². The van der Waals surface area contributed by atoms with Crippen molar-refractivity contribution in [2.75, 3.05) is 5.32 Å². The molecule has 0 aliphatic heterocycles. The maximum Gasteiger partial charge on any atom is 0.270 e. The van der Waals surface area contributed by atoms with Crippen molar-refractivity contribution in [3.05, 3.63) is 69.8 Å². The van der Waals surface area contributed by atoms with Crippen LogP contribution in [0, 0.1) is 10.1 Å². The van der Waals surface area contributed by atoms with E-state index in [-0.39, 0.29) is 17.0 Å². The fourth-order valence-corrected chi connectivity index (χ4v) is 3.17. The second-order valence-corrected chi connectivity index (χ2v) is 7.98. The summed E-state index contributed by atoms with van der Waals surface area (Å²) in [7, 11) is 0. The predicted molar refractivity (Wildman–Crippen MR) is 105 cm³/mol. The molecule has 0 radical (unpaired) electrons. The van der Waals surface area contributed by atoms with Gasteiger partial charge < -0.3 is 0 Å². The number of nitro groups is 1. The molecule has 0 atom stereocenters. The summed E-state index contributed by atoms with van der Waals surface area (Å²) in [6, 6.07) is 13.6. The molecule has 8 heteroatoms. The van der Waals surface area contributed by atoms with E-state index in [9.17, 15) is 14.9 Å². The number of nitro benzene ring substituents is 1. The molecule has 27 heavy (non-hydrogen) atoms. The van der Waals surface area contributed by atoms with Crippen LogP contribution in [-0.2, 0) is 5.41 Å². The van der Waals surface area contributed by atoms with E-state index in [2.05, 4.69) is 36.3 Å². The van der Waals surface area contributed by atoms with Crippen LogP contribution in [0.1, 0.15) is 36.7 Å². The van der Waals surface area contributed by atoms with Crippen molar-refractivity contribution >= 4 is 28.1 Å². The number of benzene rings is 2. The summed E-state index contributed by atoms with van der Waals surface area (Å²) < 4.78 is 0. The van der Waals surface area contributed by atoms with E-state index in [1.165, 1.54) is 12.1 Å². The molecule has 3 aromatic rings. The van der Waals surface area contributed by atoms with Gasteiger partial charge in [0.05, 0.1) is 4.92 Å². The summed E-state index contributed by atoms with van der Waals surface area (Å²) in [5, 5.41) is 22.4. The van der Waals surface area contributed by atoms with E-state index >= 15 is 0 Å². The molecule has 138 valence electrons. The first-order valence-electron chi connectivity index (χ1n) is 8.24. The average Bonchev–Trinajstić information content (AvgIpc) is 3.09. The molecule has 0 spiro atoms. The fraction of sp³-hybridized carbons (Fsp3) is 0.211. The number of aromatic nitrogens is 2. The zero-order valence-corrected chi connectivity index (χ0v) is 15.9. The maximum absolute atomic E-state index is 12.4. The van der Waals surface area contributed by atoms with Crippen LogP contribution < -0.4 is 5.32 Å². The monoisotopic (exact) mass is 382 g/mol. The van der Waals surface area contributed by atoms with Crippen LogP contribution in [-0.4, -0.2) is 21.0 Å². The summed E-state index contributed by atoms with van der Waals surface area (Å²) >= 11 is 1.16. The molecule has 0 bridgehead atoms. The lowest BCUT2D eigenvalue weighted by Gasteiger charge is -2.18. The lowest BCUT2D eigenvalue weighted by atomic mass is 9.87. The highest BCUT2D eigenvalue weighted by Gasteiger charge is 2.16. The number of nitrogens with one attached hydrogen (secondary N) is 1. The van der Waals surface area contributed by atoms with E-state index in [0.717, 1.165) is 16.9 Å². The molecule has 2 aromatic carbocycles. The minimum Gasteiger partial charge on any atom is -0.296 e. The third-order valence-corrected chi connectivity index (χ3v) is 4.85. The third kappa shape index (κ3) is 4.35. The van der Waals surface area contributed by atoms with Gasteiger partial charge in [0.2, 0.25) is 5.13 Å². The van der Waals surface area contributed by atoms with E-state index < -0.39 is 4.92 Å². The van der Waals surface area contributed by atoms with E-state index in [4.69, 9.17) is 0 Å². The lowest BCUT2D eigenvalue weighted by Crippen LogP contribution is -2.14. The Hall–Kier alpha value is -3.13. The van der Waals surface area contributed by atoms with Gasteiger partial charge in [-0.05, 0) is 23.1 Å². The van der Waals surface area contributed by atoms with Crippen LogP contribution in [0.4, 0.5) is 10.8 Å². The zero-order chi connectivity index (χ0) is 19.6. The van der Waals surface area contributed by atoms with Crippen LogP contribution in [0.2, 0.25) is 0 Å². The van der Waals surface area contributed by atoms with Crippen LogP contribution >= 0.6 is 11.3 Å². The Balaban J connectivity index is 1.75. The Morgan fingerprint density at radius 1 is 1.11 bits per heavy atom. The minimum absolute atomic E-state index is 0.0153. The zero-order valence-electron chi connectivity index (χ0n) is 15.1. The lowest BCUT2D eigenvalue weighted by molar-refractivity contribution is -0.384. The third-order valence-electron chi connectivity index (χ3n) is 3.96. The summed E-state index contributed by atoms with van der Waals surface area (Å²) in [6.07, 6.45) is 0. The summed E-state index contributed by atoms with van der Waals surface area (Å²) in [5.74, 6) is -0.280. The standard InChI is InChI=1S/C19H18N4O3S/c1-19(2,3)14-9-7-12(8-10-14)16(24)20-18-22-21-17(27-18)13-5-4-6-15(11-13)23(25)26/h4-11H,1-3H3,(H,20,22,24). The number of amides is 1. The molecule has 1 heterocycles. The molecule has 1 amide bonds. The van der Waals surface area contributed by atoms with Crippen molar-refractivity contribution in [2.24, 2.45) is 0 Å². The Morgan fingerprint density at radius 2 is 1.81 bits per heavy atom. The van der Waals surface area contributed by atoms with Crippen LogP contribution in [0.5, 0.6) is 0 Å². The van der Waals surface area contributed by atoms with Gasteiger partial charge in [-0.1, -0.05) is 56.4 Å². The number of hydrogen-bond donors (Lipinski definition) is 1. The number of rotatable bonds is 4. The van der Waals surface area contributed by atoms with Crippen LogP contribution in [0.15, 0.2) is 48.5 Å². The SMILES string of the molecule is CC(C)(C)c1ccc(C(=O)Nc2nnc(-c3cccc([N+](=O)[O-])c3)s2)cc1. The Morgan fingerprint density at radius 3 is 2.44 bits per heavy atom. The van der Waals surface area contributed by atoms with Crippen LogP contribution in [0.3, 0.4) is 0 Å². The molecule has 0 aliphatic carbocycles. The van der Waals surface area contributed by atoms with Crippen molar-refractivity contribution in [2.45, 2.75) is 26.2 Å². The normalized spacial score (nSPS) is 11.2. The summed E-state index contributed by atoms with van der Waals surface area (Å²) in [5.41, 5.74) is 2.24. The molecular weight excluding hydrogens is 364 g/mol. The molecule has 0 aliphatic rings. The molecule has 1 aromatic heterocycles. The number of non-ortho nitro benzene ring substituents is 1. The average molecular weight is 382 g/mol. The second kappa shape index (κ2) is 7.24. The number of nitrogens with zero attached hydrogens (tertiary/aromatic N) is 3. The van der Waals surface area contributed by atoms with Gasteiger partial charge in [-0.2, -0.15) is 0 Å². The van der Waals surface area contributed by atoms with Crippen molar-refractivity contribution in [3.63, 3.8) is 0 Å². The van der Waals surface area contributed by atoms with Crippen molar-refractivity contribution < 1.29 is 9.72 Å². The predicted octanol–water partition coefficient (Wildman–Crippen LogP) is 4.66. The molecular formula is C19H18N4O3S. The topological polar surface area (TPSA) is 98.0 Å². The van der Waals surface area contributed by atoms with Crippen molar-refractivity contribution in [1.82, 2.24) is 10.2 Å². The number of hydrogen-bond acceptors (Lipinski definition) is 6. The van der Waals surface area contributed by atoms with Gasteiger partial charge in [-0.3, -0.25) is 20.2 Å². The highest BCUT2D eigenvalue weighted by molar-refractivity contribution is 7.18. The summed E-state index contributed by atoms with van der Waals surface area (Å²) in [4.78, 5) is 22.8. The highest BCUT2D eigenvalue weighted by atomic mass is 32.1. The molecule has 7 nitrogen and oxygen atoms in total. The van der Waals surface area contributed by atoms with E-state index in [0.29, 0.717) is 21.3 Å². The molecule has 0 saturated heterocycles. The minimum atomic E-state index is -0.464. The van der Waals surface area contributed by atoms with Gasteiger partial charge in [0.25, 0.3) is 11.6 Å².